The van der Waals surface area contributed by atoms with E-state index in [0.717, 1.165) is 13.8 Å². The molecule has 0 aromatic heterocycles. The molecule has 0 aromatic carbocycles. The minimum absolute atomic E-state index is 0.887. The summed E-state index contributed by atoms with van der Waals surface area (Å²) in [6.45, 7) is 1.80. The first-order valence-corrected chi connectivity index (χ1v) is 4.04. The molecular weight excluding hydrogens is 224 g/mol. The van der Waals surface area contributed by atoms with Crippen LogP contribution in [-0.4, -0.2) is 45.3 Å². The zero-order valence-corrected chi connectivity index (χ0v) is 8.46. The Bertz CT molecular complexity index is 308. The average Bonchev–Trinajstić information content (AvgIpc) is 1.99. The van der Waals surface area contributed by atoms with Gasteiger partial charge in [0.25, 0.3) is 5.41 Å². The Balaban J connectivity index is 5.53. The van der Waals surface area contributed by atoms with E-state index < -0.39 is 35.4 Å². The number of aliphatic carboxylic acids is 3. The molecule has 0 spiro atoms. The maximum atomic E-state index is 10.8. The lowest BCUT2D eigenvalue weighted by Crippen LogP contribution is -2.55. The molecule has 8 heteroatoms. The van der Waals surface area contributed by atoms with Crippen LogP contribution < -0.4 is 0 Å². The van der Waals surface area contributed by atoms with Crippen molar-refractivity contribution in [1.29, 1.82) is 0 Å². The molecule has 0 bridgehead atoms. The van der Waals surface area contributed by atoms with Gasteiger partial charge in [0, 0.05) is 6.92 Å². The number of ether oxygens (including phenoxy) is 1. The van der Waals surface area contributed by atoms with Gasteiger partial charge in [-0.05, 0) is 6.92 Å². The zero-order valence-electron chi connectivity index (χ0n) is 8.46. The molecule has 0 aliphatic carbocycles. The largest absolute Gasteiger partial charge is 0.480 e. The summed E-state index contributed by atoms with van der Waals surface area (Å²) >= 11 is 0. The molecule has 0 rings (SSSR count). The lowest BCUT2D eigenvalue weighted by molar-refractivity contribution is -0.187. The Labute approximate surface area is 89.4 Å². The van der Waals surface area contributed by atoms with Crippen molar-refractivity contribution in [3.05, 3.63) is 0 Å². The molecule has 0 fully saturated rings. The molecule has 8 nitrogen and oxygen atoms in total. The highest BCUT2D eigenvalue weighted by atomic mass is 16.5. The van der Waals surface area contributed by atoms with Gasteiger partial charge in [0.15, 0.2) is 0 Å². The lowest BCUT2D eigenvalue weighted by atomic mass is 9.82. The summed E-state index contributed by atoms with van der Waals surface area (Å²) in [5, 5.41) is 26.1. The summed E-state index contributed by atoms with van der Waals surface area (Å²) in [5.74, 6) is -7.30. The fourth-order valence-electron chi connectivity index (χ4n) is 1.13. The van der Waals surface area contributed by atoms with Crippen LogP contribution in [0.2, 0.25) is 0 Å². The molecule has 0 saturated heterocycles. The number of hydrogen-bond donors (Lipinski definition) is 3. The Morgan fingerprint density at radius 2 is 1.31 bits per heavy atom. The zero-order chi connectivity index (χ0) is 13.1. The first-order valence-electron chi connectivity index (χ1n) is 4.04. The van der Waals surface area contributed by atoms with Crippen LogP contribution in [0.15, 0.2) is 0 Å². The van der Waals surface area contributed by atoms with Gasteiger partial charge in [-0.2, -0.15) is 0 Å². The highest BCUT2D eigenvalue weighted by molar-refractivity contribution is 6.17. The highest BCUT2D eigenvalue weighted by Gasteiger charge is 2.60. The van der Waals surface area contributed by atoms with E-state index in [1.165, 1.54) is 0 Å². The van der Waals surface area contributed by atoms with Crippen molar-refractivity contribution >= 4 is 23.9 Å². The summed E-state index contributed by atoms with van der Waals surface area (Å²) in [4.78, 5) is 42.9. The number of carbonyl (C=O) groups excluding carboxylic acids is 1. The third kappa shape index (κ3) is 2.10. The van der Waals surface area contributed by atoms with Crippen LogP contribution in [0.3, 0.4) is 0 Å². The van der Waals surface area contributed by atoms with Gasteiger partial charge in [-0.3, -0.25) is 19.2 Å². The number of esters is 1. The second-order valence-electron chi connectivity index (χ2n) is 2.98. The van der Waals surface area contributed by atoms with E-state index in [4.69, 9.17) is 15.3 Å². The van der Waals surface area contributed by atoms with E-state index >= 15 is 0 Å². The van der Waals surface area contributed by atoms with Gasteiger partial charge in [0.1, 0.15) is 6.10 Å². The lowest BCUT2D eigenvalue weighted by Gasteiger charge is -2.25. The Morgan fingerprint density at radius 1 is 1.00 bits per heavy atom. The number of carboxylic acid groups (broad SMARTS) is 3. The standard InChI is InChI=1S/C8H10O8/c1-3(16-4(2)9)8(5(10)11,6(12)13)7(14)15/h3H,1-2H3,(H,10,11)(H,12,13)(H,14,15). The van der Waals surface area contributed by atoms with Crippen molar-refractivity contribution in [2.45, 2.75) is 20.0 Å². The maximum Gasteiger partial charge on any atom is 0.336 e. The number of carboxylic acids is 3. The third-order valence-corrected chi connectivity index (χ3v) is 1.96. The van der Waals surface area contributed by atoms with Crippen LogP contribution in [0.4, 0.5) is 0 Å². The van der Waals surface area contributed by atoms with Crippen LogP contribution in [0.5, 0.6) is 0 Å². The minimum atomic E-state index is -3.20. The van der Waals surface area contributed by atoms with Crippen LogP contribution in [0, 0.1) is 5.41 Å². The van der Waals surface area contributed by atoms with Crippen molar-refractivity contribution in [3.63, 3.8) is 0 Å². The third-order valence-electron chi connectivity index (χ3n) is 1.96. The molecule has 1 unspecified atom stereocenters. The topological polar surface area (TPSA) is 138 Å². The fourth-order valence-corrected chi connectivity index (χ4v) is 1.13. The summed E-state index contributed by atoms with van der Waals surface area (Å²) in [6.07, 6.45) is -1.84. The van der Waals surface area contributed by atoms with Crippen LogP contribution in [0.1, 0.15) is 13.8 Å². The van der Waals surface area contributed by atoms with E-state index in [-0.39, 0.29) is 0 Å². The average molecular weight is 234 g/mol. The van der Waals surface area contributed by atoms with Crippen LogP contribution in [-0.2, 0) is 23.9 Å². The van der Waals surface area contributed by atoms with Crippen LogP contribution in [0.25, 0.3) is 0 Å². The minimum Gasteiger partial charge on any atom is -0.480 e. The molecule has 1 atom stereocenters. The predicted octanol–water partition coefficient (Wildman–Crippen LogP) is -0.822. The molecule has 0 aromatic rings. The van der Waals surface area contributed by atoms with Gasteiger partial charge < -0.3 is 20.1 Å². The van der Waals surface area contributed by atoms with Crippen molar-refractivity contribution < 1.29 is 39.2 Å². The molecule has 0 aliphatic heterocycles. The summed E-state index contributed by atoms with van der Waals surface area (Å²) in [5.41, 5.74) is -3.20. The van der Waals surface area contributed by atoms with Gasteiger partial charge in [-0.15, -0.1) is 0 Å². The number of hydrogen-bond acceptors (Lipinski definition) is 5. The molecule has 0 aliphatic rings. The van der Waals surface area contributed by atoms with Crippen molar-refractivity contribution in [3.8, 4) is 0 Å². The molecule has 16 heavy (non-hydrogen) atoms. The van der Waals surface area contributed by atoms with Gasteiger partial charge >= 0.3 is 23.9 Å². The van der Waals surface area contributed by atoms with Crippen molar-refractivity contribution in [2.24, 2.45) is 5.41 Å². The summed E-state index contributed by atoms with van der Waals surface area (Å²) < 4.78 is 4.32. The van der Waals surface area contributed by atoms with E-state index in [1.54, 1.807) is 0 Å². The molecular formula is C8H10O8. The van der Waals surface area contributed by atoms with Gasteiger partial charge in [0.2, 0.25) is 0 Å². The molecule has 0 radical (unpaired) electrons. The molecule has 90 valence electrons. The van der Waals surface area contributed by atoms with Gasteiger partial charge in [-0.25, -0.2) is 0 Å². The molecule has 0 heterocycles. The smallest absolute Gasteiger partial charge is 0.336 e. The monoisotopic (exact) mass is 234 g/mol. The van der Waals surface area contributed by atoms with Crippen LogP contribution >= 0.6 is 0 Å². The Hall–Kier alpha value is -2.12. The Morgan fingerprint density at radius 3 is 1.50 bits per heavy atom. The highest BCUT2D eigenvalue weighted by Crippen LogP contribution is 2.26. The maximum absolute atomic E-state index is 10.8. The SMILES string of the molecule is CC(=O)OC(C)C(C(=O)O)(C(=O)O)C(=O)O. The van der Waals surface area contributed by atoms with E-state index in [1.807, 2.05) is 0 Å². The molecule has 0 amide bonds. The Kier molecular flexibility index (Phi) is 3.99. The normalized spacial score (nSPS) is 12.6. The number of carbonyl (C=O) groups is 4. The molecule has 0 saturated carbocycles. The van der Waals surface area contributed by atoms with E-state index in [0.29, 0.717) is 0 Å². The molecule has 3 N–H and O–H groups in total. The first kappa shape index (κ1) is 13.9. The number of rotatable bonds is 5. The predicted molar refractivity (Wildman–Crippen MR) is 46.6 cm³/mol. The quantitative estimate of drug-likeness (QED) is 0.414. The van der Waals surface area contributed by atoms with Crippen molar-refractivity contribution in [2.75, 3.05) is 0 Å². The van der Waals surface area contributed by atoms with Gasteiger partial charge in [-0.1, -0.05) is 0 Å². The van der Waals surface area contributed by atoms with Gasteiger partial charge in [0.05, 0.1) is 0 Å². The second-order valence-corrected chi connectivity index (χ2v) is 2.98. The van der Waals surface area contributed by atoms with Crippen molar-refractivity contribution in [1.82, 2.24) is 0 Å². The summed E-state index contributed by atoms with van der Waals surface area (Å²) in [6, 6.07) is 0. The summed E-state index contributed by atoms with van der Waals surface area (Å²) in [7, 11) is 0. The van der Waals surface area contributed by atoms with E-state index in [9.17, 15) is 19.2 Å². The first-order chi connectivity index (χ1) is 7.17. The fraction of sp³-hybridized carbons (Fsp3) is 0.500. The second kappa shape index (κ2) is 4.60. The van der Waals surface area contributed by atoms with E-state index in [2.05, 4.69) is 4.74 Å².